The molecular weight excluding hydrogens is 274 g/mol. The quantitative estimate of drug-likeness (QED) is 0.697. The van der Waals surface area contributed by atoms with Crippen LogP contribution >= 0.6 is 15.9 Å². The number of alkyl halides is 1. The minimum Gasteiger partial charge on any atom is -0.444 e. The number of morpholine rings is 1. The van der Waals surface area contributed by atoms with Crippen molar-refractivity contribution in [2.45, 2.75) is 45.4 Å². The summed E-state index contributed by atoms with van der Waals surface area (Å²) in [6.07, 6.45) is -0.257. The van der Waals surface area contributed by atoms with Crippen LogP contribution < -0.4 is 0 Å². The summed E-state index contributed by atoms with van der Waals surface area (Å²) in [5.41, 5.74) is -0.452. The van der Waals surface area contributed by atoms with Crippen LogP contribution in [0.15, 0.2) is 0 Å². The highest BCUT2D eigenvalue weighted by Crippen LogP contribution is 2.19. The Hall–Kier alpha value is -0.290. The lowest BCUT2D eigenvalue weighted by atomic mass is 10.2. The number of halogens is 1. The fourth-order valence-electron chi connectivity index (χ4n) is 1.66. The Bertz CT molecular complexity index is 252. The Morgan fingerprint density at radius 1 is 1.50 bits per heavy atom. The summed E-state index contributed by atoms with van der Waals surface area (Å²) < 4.78 is 10.8. The maximum atomic E-state index is 12.0. The Labute approximate surface area is 105 Å². The molecule has 1 saturated heterocycles. The second kappa shape index (κ2) is 5.36. The summed E-state index contributed by atoms with van der Waals surface area (Å²) >= 11 is 3.40. The van der Waals surface area contributed by atoms with E-state index in [9.17, 15) is 4.79 Å². The van der Waals surface area contributed by atoms with Crippen molar-refractivity contribution in [3.05, 3.63) is 0 Å². The Morgan fingerprint density at radius 3 is 2.62 bits per heavy atom. The van der Waals surface area contributed by atoms with Gasteiger partial charge in [0.1, 0.15) is 5.60 Å². The summed E-state index contributed by atoms with van der Waals surface area (Å²) in [6, 6.07) is 0.116. The van der Waals surface area contributed by atoms with E-state index < -0.39 is 5.60 Å². The molecule has 0 aromatic heterocycles. The van der Waals surface area contributed by atoms with E-state index in [1.165, 1.54) is 0 Å². The van der Waals surface area contributed by atoms with E-state index in [1.807, 2.05) is 27.7 Å². The number of ether oxygens (including phenoxy) is 2. The number of nitrogens with zero attached hydrogens (tertiary/aromatic N) is 1. The van der Waals surface area contributed by atoms with Gasteiger partial charge in [0.15, 0.2) is 0 Å². The molecule has 1 unspecified atom stereocenters. The molecule has 0 saturated carbocycles. The van der Waals surface area contributed by atoms with E-state index in [0.717, 1.165) is 0 Å². The molecule has 0 aromatic rings. The molecule has 1 amide bonds. The van der Waals surface area contributed by atoms with Crippen LogP contribution in [-0.4, -0.2) is 47.2 Å². The van der Waals surface area contributed by atoms with Gasteiger partial charge in [-0.1, -0.05) is 15.9 Å². The molecule has 0 radical (unpaired) electrons. The van der Waals surface area contributed by atoms with Gasteiger partial charge >= 0.3 is 6.09 Å². The van der Waals surface area contributed by atoms with E-state index in [-0.39, 0.29) is 18.2 Å². The van der Waals surface area contributed by atoms with Gasteiger partial charge in [0, 0.05) is 5.33 Å². The molecule has 0 N–H and O–H groups in total. The van der Waals surface area contributed by atoms with Crippen molar-refractivity contribution in [2.75, 3.05) is 18.5 Å². The lowest BCUT2D eigenvalue weighted by Crippen LogP contribution is -2.55. The van der Waals surface area contributed by atoms with Gasteiger partial charge in [0.25, 0.3) is 0 Å². The highest BCUT2D eigenvalue weighted by Gasteiger charge is 2.34. The van der Waals surface area contributed by atoms with Crippen LogP contribution in [-0.2, 0) is 9.47 Å². The molecule has 4 nitrogen and oxygen atoms in total. The van der Waals surface area contributed by atoms with Gasteiger partial charge in [0.05, 0.1) is 25.3 Å². The third-order valence-corrected chi connectivity index (χ3v) is 3.07. The zero-order valence-electron chi connectivity index (χ0n) is 10.3. The summed E-state index contributed by atoms with van der Waals surface area (Å²) in [6.45, 7) is 8.73. The first-order valence-corrected chi connectivity index (χ1v) is 6.62. The van der Waals surface area contributed by atoms with E-state index in [4.69, 9.17) is 9.47 Å². The number of carbonyl (C=O) groups is 1. The highest BCUT2D eigenvalue weighted by atomic mass is 79.9. The topological polar surface area (TPSA) is 38.8 Å². The normalized spacial score (nSPS) is 26.7. The fourth-order valence-corrected chi connectivity index (χ4v) is 2.16. The van der Waals surface area contributed by atoms with Crippen molar-refractivity contribution < 1.29 is 14.3 Å². The van der Waals surface area contributed by atoms with Crippen LogP contribution in [0.3, 0.4) is 0 Å². The van der Waals surface area contributed by atoms with E-state index in [0.29, 0.717) is 18.5 Å². The Kier molecular flexibility index (Phi) is 4.62. The van der Waals surface area contributed by atoms with Gasteiger partial charge in [0.2, 0.25) is 0 Å². The number of hydrogen-bond donors (Lipinski definition) is 0. The molecule has 0 spiro atoms. The summed E-state index contributed by atoms with van der Waals surface area (Å²) in [5.74, 6) is 0. The van der Waals surface area contributed by atoms with Crippen LogP contribution in [0.25, 0.3) is 0 Å². The third-order valence-electron chi connectivity index (χ3n) is 2.32. The Morgan fingerprint density at radius 2 is 2.12 bits per heavy atom. The van der Waals surface area contributed by atoms with E-state index in [1.54, 1.807) is 4.90 Å². The van der Waals surface area contributed by atoms with Crippen LogP contribution in [0.5, 0.6) is 0 Å². The average molecular weight is 294 g/mol. The van der Waals surface area contributed by atoms with Gasteiger partial charge in [-0.2, -0.15) is 0 Å². The largest absolute Gasteiger partial charge is 0.444 e. The fraction of sp³-hybridized carbons (Fsp3) is 0.909. The standard InChI is InChI=1S/C11H20BrNO3/c1-8-6-15-7-9(5-12)13(8)10(14)16-11(2,3)4/h8-9H,5-7H2,1-4H3/t8?,9-/m1/s1. The molecule has 1 aliphatic heterocycles. The van der Waals surface area contributed by atoms with E-state index >= 15 is 0 Å². The van der Waals surface area contributed by atoms with Crippen LogP contribution in [0.4, 0.5) is 4.79 Å². The molecule has 16 heavy (non-hydrogen) atoms. The Balaban J connectivity index is 2.70. The summed E-state index contributed by atoms with van der Waals surface area (Å²) in [4.78, 5) is 13.8. The van der Waals surface area contributed by atoms with Crippen molar-refractivity contribution in [2.24, 2.45) is 0 Å². The summed E-state index contributed by atoms with van der Waals surface area (Å²) in [5, 5.41) is 0.705. The van der Waals surface area contributed by atoms with Gasteiger partial charge in [-0.05, 0) is 27.7 Å². The molecule has 1 heterocycles. The maximum Gasteiger partial charge on any atom is 0.410 e. The van der Waals surface area contributed by atoms with Gasteiger partial charge in [-0.15, -0.1) is 0 Å². The van der Waals surface area contributed by atoms with Crippen molar-refractivity contribution in [3.63, 3.8) is 0 Å². The minimum atomic E-state index is -0.452. The first kappa shape index (κ1) is 13.8. The molecule has 94 valence electrons. The lowest BCUT2D eigenvalue weighted by molar-refractivity contribution is -0.0501. The van der Waals surface area contributed by atoms with Crippen molar-refractivity contribution in [1.82, 2.24) is 4.90 Å². The zero-order valence-corrected chi connectivity index (χ0v) is 11.9. The molecule has 2 atom stereocenters. The first-order valence-electron chi connectivity index (χ1n) is 5.50. The lowest BCUT2D eigenvalue weighted by Gasteiger charge is -2.40. The maximum absolute atomic E-state index is 12.0. The predicted molar refractivity (Wildman–Crippen MR) is 65.9 cm³/mol. The van der Waals surface area contributed by atoms with Crippen molar-refractivity contribution in [1.29, 1.82) is 0 Å². The SMILES string of the molecule is CC1COC[C@@H](CBr)N1C(=O)OC(C)(C)C. The van der Waals surface area contributed by atoms with Crippen LogP contribution in [0.2, 0.25) is 0 Å². The number of amides is 1. The number of hydrogen-bond acceptors (Lipinski definition) is 3. The molecule has 1 fully saturated rings. The molecule has 0 bridgehead atoms. The molecule has 1 rings (SSSR count). The second-order valence-corrected chi connectivity index (χ2v) is 5.73. The van der Waals surface area contributed by atoms with Gasteiger partial charge in [-0.3, -0.25) is 4.90 Å². The molecule has 1 aliphatic rings. The monoisotopic (exact) mass is 293 g/mol. The highest BCUT2D eigenvalue weighted by molar-refractivity contribution is 9.09. The number of rotatable bonds is 1. The van der Waals surface area contributed by atoms with Gasteiger partial charge < -0.3 is 9.47 Å². The number of carbonyl (C=O) groups excluding carboxylic acids is 1. The van der Waals surface area contributed by atoms with Gasteiger partial charge in [-0.25, -0.2) is 4.79 Å². The van der Waals surface area contributed by atoms with Crippen LogP contribution in [0, 0.1) is 0 Å². The smallest absolute Gasteiger partial charge is 0.410 e. The molecule has 0 aliphatic carbocycles. The predicted octanol–water partition coefficient (Wildman–Crippen LogP) is 2.41. The molecule has 5 heteroatoms. The van der Waals surface area contributed by atoms with Crippen LogP contribution in [0.1, 0.15) is 27.7 Å². The zero-order chi connectivity index (χ0) is 12.3. The van der Waals surface area contributed by atoms with Crippen molar-refractivity contribution >= 4 is 22.0 Å². The molecular formula is C11H20BrNO3. The first-order chi connectivity index (χ1) is 7.35. The average Bonchev–Trinajstić information content (AvgIpc) is 2.14. The second-order valence-electron chi connectivity index (χ2n) is 5.08. The molecule has 0 aromatic carbocycles. The minimum absolute atomic E-state index is 0.0543. The summed E-state index contributed by atoms with van der Waals surface area (Å²) in [7, 11) is 0. The van der Waals surface area contributed by atoms with Crippen molar-refractivity contribution in [3.8, 4) is 0 Å². The third kappa shape index (κ3) is 3.63. The van der Waals surface area contributed by atoms with E-state index in [2.05, 4.69) is 15.9 Å².